The molecule has 110 valence electrons. The normalized spacial score (nSPS) is 17.9. The first kappa shape index (κ1) is 20.6. The van der Waals surface area contributed by atoms with Crippen molar-refractivity contribution in [3.05, 3.63) is 0 Å². The van der Waals surface area contributed by atoms with Crippen molar-refractivity contribution in [2.75, 3.05) is 6.54 Å². The average Bonchev–Trinajstić information content (AvgIpc) is 2.87. The third kappa shape index (κ3) is 7.55. The van der Waals surface area contributed by atoms with Crippen molar-refractivity contribution in [1.82, 2.24) is 4.90 Å². The summed E-state index contributed by atoms with van der Waals surface area (Å²) in [5.74, 6) is -1.12. The molecule has 1 heterocycles. The van der Waals surface area contributed by atoms with Gasteiger partial charge in [-0.25, -0.2) is 0 Å². The minimum atomic E-state index is -1.11. The second-order valence-corrected chi connectivity index (χ2v) is 5.44. The van der Waals surface area contributed by atoms with E-state index < -0.39 is 12.0 Å². The number of hydrogen-bond donors (Lipinski definition) is 0. The number of likely N-dealkylation sites (tertiary alicyclic amines) is 1. The molecule has 0 N–H and O–H groups in total. The van der Waals surface area contributed by atoms with Gasteiger partial charge in [-0.05, 0) is 19.3 Å². The third-order valence-corrected chi connectivity index (χ3v) is 3.84. The summed E-state index contributed by atoms with van der Waals surface area (Å²) in [6.45, 7) is 2.77. The van der Waals surface area contributed by atoms with Gasteiger partial charge in [0.2, 0.25) is 5.91 Å². The Bertz CT molecular complexity index is 297. The Morgan fingerprint density at radius 2 is 1.70 bits per heavy atom. The van der Waals surface area contributed by atoms with E-state index in [1.54, 1.807) is 0 Å². The fourth-order valence-corrected chi connectivity index (χ4v) is 2.69. The SMILES string of the molecule is CCCCCCCCCC(=O)N1CCC[C@H]1C(=O)[O-].[K+]. The van der Waals surface area contributed by atoms with Crippen LogP contribution in [0.3, 0.4) is 0 Å². The van der Waals surface area contributed by atoms with E-state index in [9.17, 15) is 14.7 Å². The van der Waals surface area contributed by atoms with Crippen LogP contribution in [0.4, 0.5) is 0 Å². The molecule has 1 rings (SSSR count). The van der Waals surface area contributed by atoms with Gasteiger partial charge in [0, 0.05) is 13.0 Å². The minimum absolute atomic E-state index is 0. The topological polar surface area (TPSA) is 60.4 Å². The second kappa shape index (κ2) is 12.2. The zero-order chi connectivity index (χ0) is 14.1. The maximum atomic E-state index is 11.9. The Morgan fingerprint density at radius 3 is 2.30 bits per heavy atom. The van der Waals surface area contributed by atoms with Crippen LogP contribution in [-0.2, 0) is 9.59 Å². The number of carboxylic acid groups (broad SMARTS) is 1. The quantitative estimate of drug-likeness (QED) is 0.400. The molecular weight excluding hydrogens is 281 g/mol. The fraction of sp³-hybridized carbons (Fsp3) is 0.867. The van der Waals surface area contributed by atoms with E-state index in [2.05, 4.69) is 6.92 Å². The largest absolute Gasteiger partial charge is 1.00 e. The molecule has 0 spiro atoms. The molecule has 1 aliphatic rings. The summed E-state index contributed by atoms with van der Waals surface area (Å²) < 4.78 is 0. The Kier molecular flexibility index (Phi) is 12.5. The van der Waals surface area contributed by atoms with Crippen molar-refractivity contribution in [3.63, 3.8) is 0 Å². The van der Waals surface area contributed by atoms with Crippen molar-refractivity contribution in [1.29, 1.82) is 0 Å². The summed E-state index contributed by atoms with van der Waals surface area (Å²) >= 11 is 0. The van der Waals surface area contributed by atoms with Crippen molar-refractivity contribution < 1.29 is 66.1 Å². The van der Waals surface area contributed by atoms with E-state index in [4.69, 9.17) is 0 Å². The number of aliphatic carboxylic acids is 1. The molecular formula is C15H26KNO3. The van der Waals surface area contributed by atoms with Crippen LogP contribution in [0.1, 0.15) is 71.1 Å². The molecule has 0 saturated carbocycles. The molecule has 0 aromatic carbocycles. The molecule has 0 aromatic heterocycles. The summed E-state index contributed by atoms with van der Waals surface area (Å²) in [5, 5.41) is 10.9. The summed E-state index contributed by atoms with van der Waals surface area (Å²) in [6, 6.07) is -0.683. The number of carbonyl (C=O) groups is 2. The van der Waals surface area contributed by atoms with Gasteiger partial charge in [0.1, 0.15) is 0 Å². The fourth-order valence-electron chi connectivity index (χ4n) is 2.69. The van der Waals surface area contributed by atoms with Crippen molar-refractivity contribution in [2.24, 2.45) is 0 Å². The molecule has 0 unspecified atom stereocenters. The molecule has 4 nitrogen and oxygen atoms in total. The number of rotatable bonds is 9. The Hall–Kier alpha value is 0.576. The zero-order valence-electron chi connectivity index (χ0n) is 13.0. The van der Waals surface area contributed by atoms with E-state index in [0.717, 1.165) is 19.3 Å². The molecule has 1 saturated heterocycles. The molecule has 0 aromatic rings. The Morgan fingerprint density at radius 1 is 1.10 bits per heavy atom. The summed E-state index contributed by atoms with van der Waals surface area (Å²) in [4.78, 5) is 24.3. The second-order valence-electron chi connectivity index (χ2n) is 5.44. The van der Waals surface area contributed by atoms with E-state index >= 15 is 0 Å². The van der Waals surface area contributed by atoms with Crippen molar-refractivity contribution in [3.8, 4) is 0 Å². The maximum absolute atomic E-state index is 11.9. The van der Waals surface area contributed by atoms with Gasteiger partial charge in [0.25, 0.3) is 0 Å². The van der Waals surface area contributed by atoms with Crippen LogP contribution in [0.15, 0.2) is 0 Å². The van der Waals surface area contributed by atoms with Crippen LogP contribution < -0.4 is 56.5 Å². The maximum Gasteiger partial charge on any atom is 1.00 e. The van der Waals surface area contributed by atoms with Gasteiger partial charge in [-0.1, -0.05) is 45.4 Å². The van der Waals surface area contributed by atoms with E-state index in [1.165, 1.54) is 37.0 Å². The van der Waals surface area contributed by atoms with Crippen LogP contribution in [-0.4, -0.2) is 29.4 Å². The van der Waals surface area contributed by atoms with Crippen molar-refractivity contribution in [2.45, 2.75) is 77.2 Å². The van der Waals surface area contributed by atoms with Gasteiger partial charge in [-0.3, -0.25) is 4.79 Å². The molecule has 0 bridgehead atoms. The smallest absolute Gasteiger partial charge is 0.548 e. The molecule has 20 heavy (non-hydrogen) atoms. The van der Waals surface area contributed by atoms with Crippen LogP contribution in [0.2, 0.25) is 0 Å². The number of carbonyl (C=O) groups excluding carboxylic acids is 2. The van der Waals surface area contributed by atoms with Gasteiger partial charge in [-0.2, -0.15) is 0 Å². The standard InChI is InChI=1S/C15H27NO3.K/c1-2-3-4-5-6-7-8-11-14(17)16-12-9-10-13(16)15(18)19;/h13H,2-12H2,1H3,(H,18,19);/q;+1/p-1/t13-;/m0./s1. The first-order chi connectivity index (χ1) is 9.16. The Balaban J connectivity index is 0.00000361. The molecule has 1 amide bonds. The van der Waals surface area contributed by atoms with E-state index in [0.29, 0.717) is 19.4 Å². The molecule has 1 aliphatic heterocycles. The van der Waals surface area contributed by atoms with Gasteiger partial charge in [0.15, 0.2) is 0 Å². The number of nitrogens with zero attached hydrogens (tertiary/aromatic N) is 1. The van der Waals surface area contributed by atoms with Crippen LogP contribution in [0, 0.1) is 0 Å². The molecule has 0 radical (unpaired) electrons. The number of amides is 1. The zero-order valence-corrected chi connectivity index (χ0v) is 16.2. The summed E-state index contributed by atoms with van der Waals surface area (Å²) in [6.07, 6.45) is 10.00. The van der Waals surface area contributed by atoms with Gasteiger partial charge >= 0.3 is 51.4 Å². The van der Waals surface area contributed by atoms with E-state index in [-0.39, 0.29) is 57.3 Å². The average molecular weight is 307 g/mol. The number of unbranched alkanes of at least 4 members (excludes halogenated alkanes) is 6. The van der Waals surface area contributed by atoms with E-state index in [1.807, 2.05) is 0 Å². The van der Waals surface area contributed by atoms with Gasteiger partial charge in [0.05, 0.1) is 12.0 Å². The van der Waals surface area contributed by atoms with Crippen molar-refractivity contribution >= 4 is 11.9 Å². The third-order valence-electron chi connectivity index (χ3n) is 3.84. The first-order valence-electron chi connectivity index (χ1n) is 7.67. The first-order valence-corrected chi connectivity index (χ1v) is 7.67. The van der Waals surface area contributed by atoms with Crippen LogP contribution in [0.5, 0.6) is 0 Å². The minimum Gasteiger partial charge on any atom is -0.548 e. The van der Waals surface area contributed by atoms with Crippen LogP contribution in [0.25, 0.3) is 0 Å². The van der Waals surface area contributed by atoms with Gasteiger partial charge in [-0.15, -0.1) is 0 Å². The molecule has 5 heteroatoms. The van der Waals surface area contributed by atoms with Gasteiger partial charge < -0.3 is 14.8 Å². The number of carboxylic acids is 1. The number of hydrogen-bond acceptors (Lipinski definition) is 3. The molecule has 1 fully saturated rings. The molecule has 0 aliphatic carbocycles. The predicted molar refractivity (Wildman–Crippen MR) is 72.4 cm³/mol. The summed E-state index contributed by atoms with van der Waals surface area (Å²) in [7, 11) is 0. The predicted octanol–water partition coefficient (Wildman–Crippen LogP) is -1.13. The van der Waals surface area contributed by atoms with Crippen LogP contribution >= 0.6 is 0 Å². The molecule has 1 atom stereocenters. The monoisotopic (exact) mass is 307 g/mol. The summed E-state index contributed by atoms with van der Waals surface area (Å²) in [5.41, 5.74) is 0. The Labute approximate surface area is 165 Å².